The van der Waals surface area contributed by atoms with Crippen LogP contribution in [0.3, 0.4) is 0 Å². The first kappa shape index (κ1) is 22.6. The number of hydrogen-bond donors (Lipinski definition) is 2. The summed E-state index contributed by atoms with van der Waals surface area (Å²) in [5.74, 6) is 2.55. The number of nitrogens with zero attached hydrogens (tertiary/aromatic N) is 2. The summed E-state index contributed by atoms with van der Waals surface area (Å²) in [5.41, 5.74) is 9.87. The quantitative estimate of drug-likeness (QED) is 0.349. The molecule has 4 bridgehead atoms. The van der Waals surface area contributed by atoms with Crippen LogP contribution in [0.5, 0.6) is 0 Å². The van der Waals surface area contributed by atoms with Crippen LogP contribution in [-0.2, 0) is 23.2 Å². The van der Waals surface area contributed by atoms with E-state index in [2.05, 4.69) is 62.7 Å². The van der Waals surface area contributed by atoms with E-state index in [0.717, 1.165) is 35.4 Å². The fourth-order valence-electron chi connectivity index (χ4n) is 7.50. The van der Waals surface area contributed by atoms with E-state index in [1.54, 1.807) is 11.3 Å². The van der Waals surface area contributed by atoms with Crippen LogP contribution in [-0.4, -0.2) is 23.0 Å². The molecular weight excluding hydrogens is 452 g/mol. The van der Waals surface area contributed by atoms with E-state index < -0.39 is 0 Å². The van der Waals surface area contributed by atoms with Gasteiger partial charge in [-0.25, -0.2) is 0 Å². The highest BCUT2D eigenvalue weighted by Gasteiger charge is 2.52. The maximum Gasteiger partial charge on any atom is 0.268 e. The predicted octanol–water partition coefficient (Wildman–Crippen LogP) is 5.36. The highest BCUT2D eigenvalue weighted by Crippen LogP contribution is 2.61. The summed E-state index contributed by atoms with van der Waals surface area (Å²) >= 11 is 1.72. The Hall–Kier alpha value is -2.86. The normalized spacial score (nSPS) is 27.3. The number of nitrogens with one attached hydrogen (secondary N) is 1. The molecule has 4 saturated carbocycles. The number of aromatic nitrogens is 1. The zero-order chi connectivity index (χ0) is 23.8. The van der Waals surface area contributed by atoms with Gasteiger partial charge in [-0.1, -0.05) is 36.4 Å². The van der Waals surface area contributed by atoms with E-state index in [9.17, 15) is 4.79 Å². The van der Waals surface area contributed by atoms with Crippen molar-refractivity contribution >= 4 is 23.2 Å². The van der Waals surface area contributed by atoms with E-state index in [4.69, 9.17) is 5.73 Å². The number of amides is 1. The highest BCUT2D eigenvalue weighted by molar-refractivity contribution is 7.09. The fraction of sp³-hybridized carbons (Fsp3) is 0.448. The lowest BCUT2D eigenvalue weighted by molar-refractivity contribution is -0.118. The standard InChI is InChI=1S/C29H34N4OS/c30-28(31-11-10-24-7-4-12-35-24)32-27(34)19-33-25(23-5-2-1-3-6-23)8-9-26(33)29-16-20-13-21(17-29)15-22(14-20)18-29/h1-9,12,20-22H,10-11,13-19H2,(H3,30,31,32,34). The first-order chi connectivity index (χ1) is 17.1. The van der Waals surface area contributed by atoms with Gasteiger partial charge in [-0.15, -0.1) is 11.3 Å². The van der Waals surface area contributed by atoms with Crippen LogP contribution < -0.4 is 11.1 Å². The van der Waals surface area contributed by atoms with Gasteiger partial charge in [-0.2, -0.15) is 4.99 Å². The summed E-state index contributed by atoms with van der Waals surface area (Å²) in [5, 5.41) is 5.17. The van der Waals surface area contributed by atoms with Gasteiger partial charge in [0.1, 0.15) is 6.54 Å². The van der Waals surface area contributed by atoms with Crippen LogP contribution in [0.4, 0.5) is 0 Å². The second-order valence-corrected chi connectivity index (χ2v) is 11.9. The zero-order valence-electron chi connectivity index (χ0n) is 20.2. The summed E-state index contributed by atoms with van der Waals surface area (Å²) < 4.78 is 2.26. The molecule has 0 saturated heterocycles. The van der Waals surface area contributed by atoms with Crippen LogP contribution in [0.25, 0.3) is 11.3 Å². The van der Waals surface area contributed by atoms with Gasteiger partial charge < -0.3 is 15.6 Å². The number of aliphatic imine (C=N–C) groups is 1. The van der Waals surface area contributed by atoms with E-state index in [1.165, 1.54) is 49.1 Å². The lowest BCUT2D eigenvalue weighted by atomic mass is 9.49. The maximum absolute atomic E-state index is 13.1. The number of rotatable bonds is 7. The van der Waals surface area contributed by atoms with Crippen LogP contribution in [0.2, 0.25) is 0 Å². The van der Waals surface area contributed by atoms with Crippen LogP contribution in [0.15, 0.2) is 65.0 Å². The fourth-order valence-corrected chi connectivity index (χ4v) is 8.21. The number of guanidine groups is 1. The molecule has 7 rings (SSSR count). The van der Waals surface area contributed by atoms with Crippen molar-refractivity contribution < 1.29 is 4.79 Å². The Bertz CT molecular complexity index is 1180. The molecule has 4 fully saturated rings. The Morgan fingerprint density at radius 3 is 2.37 bits per heavy atom. The first-order valence-corrected chi connectivity index (χ1v) is 13.8. The Kier molecular flexibility index (Phi) is 6.01. The predicted molar refractivity (Wildman–Crippen MR) is 142 cm³/mol. The lowest BCUT2D eigenvalue weighted by Crippen LogP contribution is -2.49. The molecule has 0 radical (unpaired) electrons. The van der Waals surface area contributed by atoms with Gasteiger partial charge in [0.15, 0.2) is 5.96 Å². The van der Waals surface area contributed by atoms with Crippen molar-refractivity contribution in [2.75, 3.05) is 6.54 Å². The number of carbonyl (C=O) groups is 1. The first-order valence-electron chi connectivity index (χ1n) is 13.0. The molecule has 3 N–H and O–H groups in total. The molecule has 1 amide bonds. The van der Waals surface area contributed by atoms with Gasteiger partial charge in [0.2, 0.25) is 0 Å². The molecule has 2 heterocycles. The summed E-state index contributed by atoms with van der Waals surface area (Å²) in [6.07, 6.45) is 8.88. The van der Waals surface area contributed by atoms with Crippen LogP contribution in [0.1, 0.15) is 49.1 Å². The third-order valence-electron chi connectivity index (χ3n) is 8.43. The minimum atomic E-state index is -0.203. The summed E-state index contributed by atoms with van der Waals surface area (Å²) in [4.78, 5) is 18.7. The molecule has 0 atom stereocenters. The average molecular weight is 487 g/mol. The Labute approximate surface area is 211 Å². The van der Waals surface area contributed by atoms with Crippen LogP contribution in [0, 0.1) is 17.8 Å². The second kappa shape index (κ2) is 9.30. The molecular formula is C29H34N4OS. The van der Waals surface area contributed by atoms with Crippen molar-refractivity contribution in [3.05, 3.63) is 70.5 Å². The summed E-state index contributed by atoms with van der Waals surface area (Å²) in [7, 11) is 0. The molecule has 0 spiro atoms. The molecule has 1 aromatic carbocycles. The van der Waals surface area contributed by atoms with E-state index in [1.807, 2.05) is 12.1 Å². The van der Waals surface area contributed by atoms with Gasteiger partial charge in [-0.05, 0) is 91.8 Å². The minimum Gasteiger partial charge on any atom is -0.370 e. The van der Waals surface area contributed by atoms with E-state index >= 15 is 0 Å². The van der Waals surface area contributed by atoms with Crippen molar-refractivity contribution in [1.82, 2.24) is 9.88 Å². The Morgan fingerprint density at radius 2 is 1.71 bits per heavy atom. The topological polar surface area (TPSA) is 72.4 Å². The largest absolute Gasteiger partial charge is 0.370 e. The SMILES string of the molecule is NC(=NC(=O)Cn1c(-c2ccccc2)ccc1C12CC3CC(CC(C3)C1)C2)NCCc1cccs1. The van der Waals surface area contributed by atoms with Gasteiger partial charge >= 0.3 is 0 Å². The number of thiophene rings is 1. The van der Waals surface area contributed by atoms with Gasteiger partial charge in [0, 0.05) is 28.2 Å². The molecule has 35 heavy (non-hydrogen) atoms. The molecule has 3 aromatic rings. The average Bonchev–Trinajstić information content (AvgIpc) is 3.49. The minimum absolute atomic E-state index is 0.203. The molecule has 0 aliphatic heterocycles. The van der Waals surface area contributed by atoms with Gasteiger partial charge in [0.25, 0.3) is 5.91 Å². The number of benzene rings is 1. The monoisotopic (exact) mass is 486 g/mol. The summed E-state index contributed by atoms with van der Waals surface area (Å²) in [6, 6.07) is 19.1. The van der Waals surface area contributed by atoms with Crippen molar-refractivity contribution in [2.24, 2.45) is 28.5 Å². The van der Waals surface area contributed by atoms with Gasteiger partial charge in [0.05, 0.1) is 0 Å². The number of carbonyl (C=O) groups excluding carboxylic acids is 1. The smallest absolute Gasteiger partial charge is 0.268 e. The Morgan fingerprint density at radius 1 is 1.00 bits per heavy atom. The number of hydrogen-bond acceptors (Lipinski definition) is 2. The second-order valence-electron chi connectivity index (χ2n) is 10.9. The maximum atomic E-state index is 13.1. The molecule has 6 heteroatoms. The molecule has 4 aliphatic rings. The molecule has 4 aliphatic carbocycles. The van der Waals surface area contributed by atoms with Crippen LogP contribution >= 0.6 is 11.3 Å². The van der Waals surface area contributed by atoms with Crippen molar-refractivity contribution in [3.8, 4) is 11.3 Å². The zero-order valence-corrected chi connectivity index (χ0v) is 21.0. The van der Waals surface area contributed by atoms with Crippen molar-refractivity contribution in [3.63, 3.8) is 0 Å². The van der Waals surface area contributed by atoms with E-state index in [-0.39, 0.29) is 23.8 Å². The third kappa shape index (κ3) is 4.56. The van der Waals surface area contributed by atoms with Crippen molar-refractivity contribution in [1.29, 1.82) is 0 Å². The summed E-state index contributed by atoms with van der Waals surface area (Å²) in [6.45, 7) is 0.891. The third-order valence-corrected chi connectivity index (χ3v) is 9.36. The van der Waals surface area contributed by atoms with E-state index in [0.29, 0.717) is 6.54 Å². The highest BCUT2D eigenvalue weighted by atomic mass is 32.1. The molecule has 182 valence electrons. The lowest BCUT2D eigenvalue weighted by Gasteiger charge is -2.57. The number of nitrogens with two attached hydrogens (primary N) is 1. The molecule has 2 aromatic heterocycles. The van der Waals surface area contributed by atoms with Gasteiger partial charge in [-0.3, -0.25) is 4.79 Å². The van der Waals surface area contributed by atoms with Crippen molar-refractivity contribution in [2.45, 2.75) is 56.9 Å². The molecule has 5 nitrogen and oxygen atoms in total. The Balaban J connectivity index is 1.25. The molecule has 0 unspecified atom stereocenters.